The molecule has 2 aromatic carbocycles. The number of ether oxygens (including phenoxy) is 2. The third-order valence-corrected chi connectivity index (χ3v) is 10.3. The van der Waals surface area contributed by atoms with Crippen LogP contribution in [0.25, 0.3) is 21.1 Å². The first kappa shape index (κ1) is 25.5. The number of para-hydroxylation sites is 2. The van der Waals surface area contributed by atoms with Gasteiger partial charge in [0.1, 0.15) is 21.5 Å². The van der Waals surface area contributed by atoms with E-state index < -0.39 is 0 Å². The Morgan fingerprint density at radius 3 is 1.84 bits per heavy atom. The maximum atomic E-state index is 5.60. The van der Waals surface area contributed by atoms with Gasteiger partial charge in [0.25, 0.3) is 0 Å². The minimum Gasteiger partial charge on any atom is -0.496 e. The maximum Gasteiger partial charge on any atom is 0.129 e. The molecule has 6 rings (SSSR count). The fourth-order valence-electron chi connectivity index (χ4n) is 6.56. The summed E-state index contributed by atoms with van der Waals surface area (Å²) in [6.07, 6.45) is 5.62. The SMILES string of the molecule is COc1ccccc1-c1nc(CN(Cc2csc(-c3ccccc3OC)n2)[C@H](C)[C@@H]2C[C@H]3CC[C@H]2C3)cs1. The summed E-state index contributed by atoms with van der Waals surface area (Å²) >= 11 is 3.39. The van der Waals surface area contributed by atoms with Gasteiger partial charge in [-0.2, -0.15) is 0 Å². The molecule has 2 aliphatic carbocycles. The summed E-state index contributed by atoms with van der Waals surface area (Å²) in [5.41, 5.74) is 4.34. The molecule has 0 unspecified atom stereocenters. The van der Waals surface area contributed by atoms with Crippen LogP contribution in [0.2, 0.25) is 0 Å². The van der Waals surface area contributed by atoms with E-state index in [0.717, 1.165) is 74.9 Å². The van der Waals surface area contributed by atoms with Crippen molar-refractivity contribution in [3.8, 4) is 32.6 Å². The Morgan fingerprint density at radius 2 is 1.37 bits per heavy atom. The normalized spacial score (nSPS) is 21.2. The van der Waals surface area contributed by atoms with E-state index in [-0.39, 0.29) is 0 Å². The Hall–Kier alpha value is -2.74. The average Bonchev–Trinajstić information content (AvgIpc) is 3.78. The van der Waals surface area contributed by atoms with Crippen LogP contribution in [0.5, 0.6) is 11.5 Å². The van der Waals surface area contributed by atoms with E-state index in [0.29, 0.717) is 6.04 Å². The Labute approximate surface area is 233 Å². The van der Waals surface area contributed by atoms with E-state index in [1.54, 1.807) is 36.9 Å². The molecular weight excluding hydrogens is 510 g/mol. The molecule has 4 atom stereocenters. The molecule has 5 nitrogen and oxygen atoms in total. The van der Waals surface area contributed by atoms with Crippen LogP contribution in [0.4, 0.5) is 0 Å². The van der Waals surface area contributed by atoms with Gasteiger partial charge in [-0.05, 0) is 68.2 Å². The molecule has 7 heteroatoms. The van der Waals surface area contributed by atoms with Crippen molar-refractivity contribution in [1.82, 2.24) is 14.9 Å². The zero-order chi connectivity index (χ0) is 26.1. The Bertz CT molecular complexity index is 1290. The highest BCUT2D eigenvalue weighted by Gasteiger charge is 2.43. The second kappa shape index (κ2) is 11.2. The molecule has 2 saturated carbocycles. The molecule has 38 heavy (non-hydrogen) atoms. The molecule has 0 N–H and O–H groups in total. The zero-order valence-corrected chi connectivity index (χ0v) is 23.9. The van der Waals surface area contributed by atoms with Gasteiger partial charge in [-0.15, -0.1) is 22.7 Å². The van der Waals surface area contributed by atoms with Crippen molar-refractivity contribution in [1.29, 1.82) is 0 Å². The highest BCUT2D eigenvalue weighted by atomic mass is 32.1. The Kier molecular flexibility index (Phi) is 7.50. The standard InChI is InChI=1S/C31H35N3O2S2/c1-20(27-15-21-12-13-22(27)14-21)34(16-23-18-37-30(32-23)25-8-4-6-10-28(25)35-2)17-24-19-38-31(33-24)26-9-5-7-11-29(26)36-3/h4-11,18-22,27H,12-17H2,1-3H3/t20-,21+,22+,27+/m1/s1. The fraction of sp³-hybridized carbons (Fsp3) is 0.419. The van der Waals surface area contributed by atoms with Crippen LogP contribution in [0.15, 0.2) is 59.3 Å². The van der Waals surface area contributed by atoms with Gasteiger partial charge in [0.15, 0.2) is 0 Å². The molecule has 2 bridgehead atoms. The molecule has 0 aliphatic heterocycles. The number of benzene rings is 2. The van der Waals surface area contributed by atoms with Crippen molar-refractivity contribution in [2.45, 2.75) is 51.7 Å². The van der Waals surface area contributed by atoms with Gasteiger partial charge in [-0.3, -0.25) is 4.90 Å². The van der Waals surface area contributed by atoms with E-state index in [2.05, 4.69) is 34.7 Å². The maximum absolute atomic E-state index is 5.60. The molecule has 0 saturated heterocycles. The van der Waals surface area contributed by atoms with E-state index in [9.17, 15) is 0 Å². The minimum absolute atomic E-state index is 0.484. The summed E-state index contributed by atoms with van der Waals surface area (Å²) in [5.74, 6) is 4.30. The lowest BCUT2D eigenvalue weighted by molar-refractivity contribution is 0.104. The fourth-order valence-corrected chi connectivity index (χ4v) is 8.25. The van der Waals surface area contributed by atoms with Gasteiger partial charge < -0.3 is 9.47 Å². The van der Waals surface area contributed by atoms with Crippen molar-refractivity contribution in [2.75, 3.05) is 14.2 Å². The number of rotatable bonds is 10. The van der Waals surface area contributed by atoms with Crippen LogP contribution < -0.4 is 9.47 Å². The smallest absolute Gasteiger partial charge is 0.129 e. The molecule has 0 amide bonds. The van der Waals surface area contributed by atoms with E-state index in [1.807, 2.05) is 36.4 Å². The van der Waals surface area contributed by atoms with Crippen LogP contribution in [0, 0.1) is 17.8 Å². The summed E-state index contributed by atoms with van der Waals surface area (Å²) in [5, 5.41) is 6.45. The topological polar surface area (TPSA) is 47.5 Å². The van der Waals surface area contributed by atoms with Crippen LogP contribution >= 0.6 is 22.7 Å². The van der Waals surface area contributed by atoms with Gasteiger partial charge in [0.05, 0.1) is 36.7 Å². The Balaban J connectivity index is 1.26. The third kappa shape index (κ3) is 5.12. The first-order chi connectivity index (χ1) is 18.6. The molecule has 198 valence electrons. The minimum atomic E-state index is 0.484. The van der Waals surface area contributed by atoms with Crippen molar-refractivity contribution in [3.63, 3.8) is 0 Å². The summed E-state index contributed by atoms with van der Waals surface area (Å²) < 4.78 is 11.2. The molecule has 0 radical (unpaired) electrons. The van der Waals surface area contributed by atoms with E-state index in [1.165, 1.54) is 25.7 Å². The van der Waals surface area contributed by atoms with E-state index >= 15 is 0 Å². The molecule has 2 aliphatic rings. The largest absolute Gasteiger partial charge is 0.496 e. The van der Waals surface area contributed by atoms with Gasteiger partial charge in [-0.25, -0.2) is 9.97 Å². The van der Waals surface area contributed by atoms with Crippen LogP contribution in [0.3, 0.4) is 0 Å². The number of aromatic nitrogens is 2. The van der Waals surface area contributed by atoms with Gasteiger partial charge in [0.2, 0.25) is 0 Å². The number of methoxy groups -OCH3 is 2. The van der Waals surface area contributed by atoms with Crippen molar-refractivity contribution in [2.24, 2.45) is 17.8 Å². The van der Waals surface area contributed by atoms with Crippen LogP contribution in [0.1, 0.15) is 44.0 Å². The van der Waals surface area contributed by atoms with Gasteiger partial charge >= 0.3 is 0 Å². The number of nitrogens with zero attached hydrogens (tertiary/aromatic N) is 3. The quantitative estimate of drug-likeness (QED) is 0.204. The Morgan fingerprint density at radius 1 is 0.816 bits per heavy atom. The predicted octanol–water partition coefficient (Wildman–Crippen LogP) is 7.78. The predicted molar refractivity (Wildman–Crippen MR) is 156 cm³/mol. The number of hydrogen-bond donors (Lipinski definition) is 0. The number of thiazole rings is 2. The molecule has 2 aromatic heterocycles. The lowest BCUT2D eigenvalue weighted by Crippen LogP contribution is -2.40. The first-order valence-corrected chi connectivity index (χ1v) is 15.3. The lowest BCUT2D eigenvalue weighted by atomic mass is 9.83. The molecular formula is C31H35N3O2S2. The average molecular weight is 546 g/mol. The monoisotopic (exact) mass is 545 g/mol. The number of fused-ring (bicyclic) bond motifs is 2. The molecule has 2 heterocycles. The van der Waals surface area contributed by atoms with E-state index in [4.69, 9.17) is 19.4 Å². The summed E-state index contributed by atoms with van der Waals surface area (Å²) in [4.78, 5) is 12.7. The van der Waals surface area contributed by atoms with Crippen molar-refractivity contribution in [3.05, 3.63) is 70.7 Å². The van der Waals surface area contributed by atoms with Crippen molar-refractivity contribution >= 4 is 22.7 Å². The highest BCUT2D eigenvalue weighted by Crippen LogP contribution is 2.50. The zero-order valence-electron chi connectivity index (χ0n) is 22.3. The number of hydrogen-bond acceptors (Lipinski definition) is 7. The van der Waals surface area contributed by atoms with Gasteiger partial charge in [0, 0.05) is 29.9 Å². The first-order valence-electron chi connectivity index (χ1n) is 13.5. The molecule has 2 fully saturated rings. The van der Waals surface area contributed by atoms with Crippen LogP contribution in [-0.4, -0.2) is 35.1 Å². The summed E-state index contributed by atoms with van der Waals surface area (Å²) in [7, 11) is 3.44. The molecule has 0 spiro atoms. The highest BCUT2D eigenvalue weighted by molar-refractivity contribution is 7.13. The lowest BCUT2D eigenvalue weighted by Gasteiger charge is -2.36. The summed E-state index contributed by atoms with van der Waals surface area (Å²) in [6, 6.07) is 16.8. The second-order valence-corrected chi connectivity index (χ2v) is 12.4. The van der Waals surface area contributed by atoms with Crippen molar-refractivity contribution < 1.29 is 9.47 Å². The second-order valence-electron chi connectivity index (χ2n) is 10.7. The summed E-state index contributed by atoms with van der Waals surface area (Å²) in [6.45, 7) is 4.08. The molecule has 4 aromatic rings. The van der Waals surface area contributed by atoms with Gasteiger partial charge in [-0.1, -0.05) is 30.7 Å². The third-order valence-electron chi connectivity index (χ3n) is 8.50. The van der Waals surface area contributed by atoms with Crippen LogP contribution in [-0.2, 0) is 13.1 Å².